The van der Waals surface area contributed by atoms with Crippen molar-refractivity contribution in [2.45, 2.75) is 38.9 Å². The number of fused-ring (bicyclic) bond motifs is 1. The number of hydrogen-bond acceptors (Lipinski definition) is 1. The average molecular weight is 349 g/mol. The highest BCUT2D eigenvalue weighted by Crippen LogP contribution is 2.52. The van der Waals surface area contributed by atoms with Gasteiger partial charge in [-0.2, -0.15) is 0 Å². The lowest BCUT2D eigenvalue weighted by Crippen LogP contribution is -2.37. The van der Waals surface area contributed by atoms with Gasteiger partial charge in [-0.05, 0) is 31.4 Å². The van der Waals surface area contributed by atoms with Crippen LogP contribution in [0.15, 0.2) is 59.3 Å². The Morgan fingerprint density at radius 1 is 1.08 bits per heavy atom. The summed E-state index contributed by atoms with van der Waals surface area (Å²) in [6.07, 6.45) is 10.6. The Balaban J connectivity index is 1.84. The van der Waals surface area contributed by atoms with Crippen LogP contribution >= 0.6 is 11.3 Å². The van der Waals surface area contributed by atoms with Crippen molar-refractivity contribution in [2.75, 3.05) is 0 Å². The first kappa shape index (κ1) is 15.9. The van der Waals surface area contributed by atoms with Crippen molar-refractivity contribution in [1.82, 2.24) is 0 Å². The van der Waals surface area contributed by atoms with Crippen molar-refractivity contribution in [1.29, 1.82) is 0 Å². The van der Waals surface area contributed by atoms with E-state index in [0.717, 1.165) is 6.42 Å². The maximum Gasteiger partial charge on any atom is 0.0886 e. The number of rotatable bonds is 3. The van der Waals surface area contributed by atoms with E-state index in [-0.39, 0.29) is 0 Å². The first-order valence-electron chi connectivity index (χ1n) is 8.73. The maximum absolute atomic E-state index is 2.56. The predicted octanol–water partition coefficient (Wildman–Crippen LogP) is 6.90. The Hall–Kier alpha value is -1.64. The van der Waals surface area contributed by atoms with Gasteiger partial charge in [-0.15, -0.1) is 11.3 Å². The van der Waals surface area contributed by atoms with Crippen LogP contribution < -0.4 is 0 Å². The monoisotopic (exact) mass is 348 g/mol. The zero-order valence-electron chi connectivity index (χ0n) is 14.9. The first-order valence-corrected chi connectivity index (χ1v) is 12.6. The summed E-state index contributed by atoms with van der Waals surface area (Å²) in [4.78, 5) is 3.08. The molecule has 0 amide bonds. The van der Waals surface area contributed by atoms with Gasteiger partial charge in [0.15, 0.2) is 0 Å². The second-order valence-electron chi connectivity index (χ2n) is 7.54. The number of allylic oxidation sites excluding steroid dienone is 5. The number of benzene rings is 1. The van der Waals surface area contributed by atoms with E-state index in [4.69, 9.17) is 0 Å². The molecule has 2 heteroatoms. The Kier molecular flexibility index (Phi) is 3.78. The van der Waals surface area contributed by atoms with Crippen LogP contribution in [0.1, 0.15) is 34.2 Å². The van der Waals surface area contributed by atoms with E-state index in [1.54, 1.807) is 15.6 Å². The summed E-state index contributed by atoms with van der Waals surface area (Å²) in [7, 11) is -1.52. The second-order valence-corrected chi connectivity index (χ2v) is 13.5. The van der Waals surface area contributed by atoms with E-state index >= 15 is 0 Å². The van der Waals surface area contributed by atoms with E-state index in [2.05, 4.69) is 81.6 Å². The van der Waals surface area contributed by atoms with Gasteiger partial charge in [-0.3, -0.25) is 0 Å². The molecule has 1 unspecified atom stereocenters. The molecule has 0 spiro atoms. The molecule has 2 aliphatic rings. The third kappa shape index (κ3) is 2.32. The van der Waals surface area contributed by atoms with Crippen LogP contribution in [0.2, 0.25) is 13.1 Å². The fourth-order valence-electron chi connectivity index (χ4n) is 4.43. The molecule has 0 saturated carbocycles. The molecule has 0 bridgehead atoms. The quantitative estimate of drug-likeness (QED) is 0.529. The highest BCUT2D eigenvalue weighted by molar-refractivity contribution is 7.14. The van der Waals surface area contributed by atoms with Gasteiger partial charge >= 0.3 is 0 Å². The molecule has 0 nitrogen and oxygen atoms in total. The third-order valence-electron chi connectivity index (χ3n) is 5.62. The lowest BCUT2D eigenvalue weighted by molar-refractivity contribution is 1.09. The molecule has 4 rings (SSSR count). The topological polar surface area (TPSA) is 0 Å². The van der Waals surface area contributed by atoms with Crippen LogP contribution in [0.5, 0.6) is 0 Å². The SMILES string of the molecule is CC1=Cc2c(sc(C)c2-c2ccccc2)C1[Si](C)(C)C1=CC=CC1. The molecule has 24 heavy (non-hydrogen) atoms. The van der Waals surface area contributed by atoms with Gasteiger partial charge in [0.2, 0.25) is 0 Å². The molecular weight excluding hydrogens is 324 g/mol. The van der Waals surface area contributed by atoms with Gasteiger partial charge in [0, 0.05) is 20.9 Å². The summed E-state index contributed by atoms with van der Waals surface area (Å²) in [6.45, 7) is 9.75. The summed E-state index contributed by atoms with van der Waals surface area (Å²) in [5.41, 5.74) is 6.52. The first-order chi connectivity index (χ1) is 11.5. The summed E-state index contributed by atoms with van der Waals surface area (Å²) in [5.74, 6) is 0. The average Bonchev–Trinajstić information content (AvgIpc) is 3.23. The van der Waals surface area contributed by atoms with Crippen molar-refractivity contribution in [2.24, 2.45) is 0 Å². The fraction of sp³-hybridized carbons (Fsp3) is 0.273. The van der Waals surface area contributed by atoms with Crippen LogP contribution in [-0.2, 0) is 0 Å². The van der Waals surface area contributed by atoms with E-state index in [0.29, 0.717) is 5.54 Å². The van der Waals surface area contributed by atoms with Gasteiger partial charge in [0.05, 0.1) is 8.07 Å². The largest absolute Gasteiger partial charge is 0.144 e. The van der Waals surface area contributed by atoms with E-state index < -0.39 is 8.07 Å². The Bertz CT molecular complexity index is 878. The lowest BCUT2D eigenvalue weighted by atomic mass is 10.0. The predicted molar refractivity (Wildman–Crippen MR) is 110 cm³/mol. The smallest absolute Gasteiger partial charge is 0.0886 e. The standard InChI is InChI=1S/C22H24SSi/c1-15-14-19-20(17-10-6-5-7-11-17)16(2)23-21(19)22(15)24(3,4)18-12-8-9-13-18/h5-12,14,22H,13H2,1-4H3. The molecule has 0 aliphatic heterocycles. The maximum atomic E-state index is 2.56. The van der Waals surface area contributed by atoms with Crippen LogP contribution in [0.4, 0.5) is 0 Å². The number of aryl methyl sites for hydroxylation is 1. The summed E-state index contributed by atoms with van der Waals surface area (Å²) in [5, 5.41) is 1.69. The molecule has 122 valence electrons. The van der Waals surface area contributed by atoms with Gasteiger partial charge < -0.3 is 0 Å². The number of hydrogen-bond donors (Lipinski definition) is 0. The fourth-order valence-corrected chi connectivity index (χ4v) is 10.3. The molecule has 1 heterocycles. The van der Waals surface area contributed by atoms with Gasteiger partial charge in [-0.1, -0.05) is 78.5 Å². The molecule has 2 aliphatic carbocycles. The van der Waals surface area contributed by atoms with E-state index in [9.17, 15) is 0 Å². The lowest BCUT2D eigenvalue weighted by Gasteiger charge is -2.32. The molecule has 0 fully saturated rings. The molecule has 1 atom stereocenters. The molecule has 0 saturated heterocycles. The molecule has 1 aromatic heterocycles. The van der Waals surface area contributed by atoms with Crippen molar-refractivity contribution >= 4 is 25.5 Å². The van der Waals surface area contributed by atoms with E-state index in [1.807, 2.05) is 11.3 Å². The zero-order valence-corrected chi connectivity index (χ0v) is 16.7. The Morgan fingerprint density at radius 2 is 1.83 bits per heavy atom. The highest BCUT2D eigenvalue weighted by Gasteiger charge is 2.42. The van der Waals surface area contributed by atoms with Crippen LogP contribution in [0.25, 0.3) is 17.2 Å². The minimum Gasteiger partial charge on any atom is -0.144 e. The molecule has 1 aromatic carbocycles. The molecular formula is C22H24SSi. The Labute approximate surface area is 150 Å². The van der Waals surface area contributed by atoms with Crippen LogP contribution in [0.3, 0.4) is 0 Å². The van der Waals surface area contributed by atoms with Crippen molar-refractivity contribution < 1.29 is 0 Å². The molecule has 0 N–H and O–H groups in total. The minimum atomic E-state index is -1.52. The van der Waals surface area contributed by atoms with Gasteiger partial charge in [-0.25, -0.2) is 0 Å². The summed E-state index contributed by atoms with van der Waals surface area (Å²) < 4.78 is 0. The van der Waals surface area contributed by atoms with Crippen molar-refractivity contribution in [3.8, 4) is 11.1 Å². The minimum absolute atomic E-state index is 0.639. The highest BCUT2D eigenvalue weighted by atomic mass is 32.1. The molecule has 2 aromatic rings. The van der Waals surface area contributed by atoms with Crippen LogP contribution in [-0.4, -0.2) is 8.07 Å². The van der Waals surface area contributed by atoms with Crippen molar-refractivity contribution in [3.63, 3.8) is 0 Å². The Morgan fingerprint density at radius 3 is 2.50 bits per heavy atom. The zero-order chi connectivity index (χ0) is 16.9. The van der Waals surface area contributed by atoms with Crippen molar-refractivity contribution in [3.05, 3.63) is 74.6 Å². The normalized spacial score (nSPS) is 19.4. The summed E-state index contributed by atoms with van der Waals surface area (Å²) >= 11 is 2.03. The number of thiophene rings is 1. The van der Waals surface area contributed by atoms with Gasteiger partial charge in [0.25, 0.3) is 0 Å². The van der Waals surface area contributed by atoms with Crippen LogP contribution in [0, 0.1) is 6.92 Å². The van der Waals surface area contributed by atoms with E-state index in [1.165, 1.54) is 21.6 Å². The molecule has 0 radical (unpaired) electrons. The third-order valence-corrected chi connectivity index (χ3v) is 11.2. The van der Waals surface area contributed by atoms with Gasteiger partial charge in [0.1, 0.15) is 0 Å². The summed E-state index contributed by atoms with van der Waals surface area (Å²) in [6, 6.07) is 10.9. The second kappa shape index (κ2) is 5.71.